The van der Waals surface area contributed by atoms with Crippen molar-refractivity contribution in [2.75, 3.05) is 18.9 Å². The van der Waals surface area contributed by atoms with E-state index in [0.29, 0.717) is 17.7 Å². The van der Waals surface area contributed by atoms with Gasteiger partial charge in [0.1, 0.15) is 17.6 Å². The molecule has 2 aliphatic heterocycles. The van der Waals surface area contributed by atoms with E-state index in [9.17, 15) is 31.9 Å². The molecule has 2 fully saturated rings. The van der Waals surface area contributed by atoms with Crippen molar-refractivity contribution in [1.29, 1.82) is 0 Å². The first kappa shape index (κ1) is 26.0. The lowest BCUT2D eigenvalue weighted by Crippen LogP contribution is -2.53. The van der Waals surface area contributed by atoms with Crippen molar-refractivity contribution in [3.05, 3.63) is 59.4 Å². The van der Waals surface area contributed by atoms with Crippen LogP contribution in [0.15, 0.2) is 42.5 Å². The van der Waals surface area contributed by atoms with E-state index < -0.39 is 47.4 Å². The number of ether oxygens (including phenoxy) is 1. The zero-order valence-corrected chi connectivity index (χ0v) is 20.4. The summed E-state index contributed by atoms with van der Waals surface area (Å²) in [6.45, 7) is -0.0223. The number of anilines is 1. The number of amides is 3. The molecule has 3 atom stereocenters. The van der Waals surface area contributed by atoms with E-state index in [4.69, 9.17) is 0 Å². The van der Waals surface area contributed by atoms with Crippen LogP contribution in [0.4, 0.5) is 23.2 Å². The molecule has 3 N–H and O–H groups in total. The largest absolute Gasteiger partial charge is 0.573 e. The highest BCUT2D eigenvalue weighted by molar-refractivity contribution is 6.07. The van der Waals surface area contributed by atoms with E-state index in [0.717, 1.165) is 25.0 Å². The first-order valence-corrected chi connectivity index (χ1v) is 12.2. The molecule has 3 aliphatic rings. The van der Waals surface area contributed by atoms with Crippen LogP contribution in [0, 0.1) is 11.7 Å². The standard InChI is InChI=1S/C26H26F4N4O4/c1-31-21-12-25(18-11-16(27)7-8-19(18)33-24(25)37)13-34(21)23(36)20(9-14-5-6-14)32-22(35)15-3-2-4-17(10-15)38-26(28,29)30/h2-4,7-8,10-11,14,20-21,31H,5-6,9,12-13H2,1H3,(H,32,35)(H,33,37)/t20-,21-,25-/m0/s1. The topological polar surface area (TPSA) is 99.8 Å². The molecular weight excluding hydrogens is 508 g/mol. The third-order valence-electron chi connectivity index (χ3n) is 7.35. The molecule has 1 saturated heterocycles. The number of nitrogens with one attached hydrogen (secondary N) is 3. The summed E-state index contributed by atoms with van der Waals surface area (Å²) >= 11 is 0. The maximum absolute atomic E-state index is 14.1. The minimum absolute atomic E-state index is 0.0223. The molecule has 8 nitrogen and oxygen atoms in total. The van der Waals surface area contributed by atoms with Crippen LogP contribution in [-0.4, -0.2) is 54.8 Å². The number of carbonyl (C=O) groups excluding carboxylic acids is 3. The number of hydrogen-bond donors (Lipinski definition) is 3. The van der Waals surface area contributed by atoms with E-state index in [-0.39, 0.29) is 30.4 Å². The van der Waals surface area contributed by atoms with Gasteiger partial charge in [0.05, 0.1) is 11.6 Å². The molecule has 2 aromatic carbocycles. The van der Waals surface area contributed by atoms with Crippen molar-refractivity contribution in [3.8, 4) is 5.75 Å². The minimum Gasteiger partial charge on any atom is -0.406 e. The molecular formula is C26H26F4N4O4. The summed E-state index contributed by atoms with van der Waals surface area (Å²) in [7, 11) is 1.64. The van der Waals surface area contributed by atoms with E-state index >= 15 is 0 Å². The third-order valence-corrected chi connectivity index (χ3v) is 7.35. The zero-order valence-electron chi connectivity index (χ0n) is 20.4. The molecule has 1 saturated carbocycles. The van der Waals surface area contributed by atoms with Gasteiger partial charge in [0.25, 0.3) is 5.91 Å². The van der Waals surface area contributed by atoms with Crippen molar-refractivity contribution in [2.45, 2.75) is 49.7 Å². The van der Waals surface area contributed by atoms with Crippen molar-refractivity contribution in [1.82, 2.24) is 15.5 Å². The Labute approximate surface area is 215 Å². The normalized spacial score (nSPS) is 23.2. The van der Waals surface area contributed by atoms with Crippen molar-refractivity contribution in [3.63, 3.8) is 0 Å². The maximum Gasteiger partial charge on any atom is 0.573 e. The lowest BCUT2D eigenvalue weighted by molar-refractivity contribution is -0.274. The summed E-state index contributed by atoms with van der Waals surface area (Å²) in [6.07, 6.45) is -3.14. The number of carbonyl (C=O) groups is 3. The van der Waals surface area contributed by atoms with Gasteiger partial charge in [0.15, 0.2) is 0 Å². The average Bonchev–Trinajstić information content (AvgIpc) is 3.53. The molecule has 38 heavy (non-hydrogen) atoms. The van der Waals surface area contributed by atoms with Crippen LogP contribution in [0.3, 0.4) is 0 Å². The number of halogens is 4. The number of likely N-dealkylation sites (tertiary alicyclic amines) is 1. The number of benzene rings is 2. The molecule has 5 rings (SSSR count). The molecule has 12 heteroatoms. The van der Waals surface area contributed by atoms with Gasteiger partial charge >= 0.3 is 6.36 Å². The Hall–Kier alpha value is -3.67. The molecule has 3 amide bonds. The van der Waals surface area contributed by atoms with Gasteiger partial charge in [-0.05, 0) is 61.3 Å². The highest BCUT2D eigenvalue weighted by atomic mass is 19.4. The predicted octanol–water partition coefficient (Wildman–Crippen LogP) is 3.29. The highest BCUT2D eigenvalue weighted by Crippen LogP contribution is 2.46. The summed E-state index contributed by atoms with van der Waals surface area (Å²) in [5, 5.41) is 8.50. The van der Waals surface area contributed by atoms with Gasteiger partial charge in [0.2, 0.25) is 11.8 Å². The van der Waals surface area contributed by atoms with E-state index in [1.165, 1.54) is 35.2 Å². The lowest BCUT2D eigenvalue weighted by atomic mass is 9.80. The van der Waals surface area contributed by atoms with Gasteiger partial charge in [-0.3, -0.25) is 14.4 Å². The van der Waals surface area contributed by atoms with Crippen LogP contribution in [0.25, 0.3) is 0 Å². The van der Waals surface area contributed by atoms with E-state index in [1.54, 1.807) is 7.05 Å². The summed E-state index contributed by atoms with van der Waals surface area (Å²) in [6, 6.07) is 7.68. The third kappa shape index (κ3) is 5.04. The number of rotatable bonds is 7. The molecule has 1 spiro atoms. The SMILES string of the molecule is CN[C@@H]1C[C@@]2(CN1C(=O)[C@H](CC1CC1)NC(=O)c1cccc(OC(F)(F)F)c1)C(=O)Nc1ccc(F)cc12. The van der Waals surface area contributed by atoms with Gasteiger partial charge in [-0.2, -0.15) is 0 Å². The summed E-state index contributed by atoms with van der Waals surface area (Å²) in [5.74, 6) is -2.32. The van der Waals surface area contributed by atoms with Crippen molar-refractivity contribution in [2.24, 2.45) is 5.92 Å². The molecule has 2 aromatic rings. The van der Waals surface area contributed by atoms with E-state index in [1.807, 2.05) is 0 Å². The number of hydrogen-bond acceptors (Lipinski definition) is 5. The fourth-order valence-corrected chi connectivity index (χ4v) is 5.33. The molecule has 1 aliphatic carbocycles. The smallest absolute Gasteiger partial charge is 0.406 e. The van der Waals surface area contributed by atoms with Crippen LogP contribution in [0.5, 0.6) is 5.75 Å². The second-order valence-electron chi connectivity index (χ2n) is 9.98. The maximum atomic E-state index is 14.1. The van der Waals surface area contributed by atoms with Crippen LogP contribution >= 0.6 is 0 Å². The minimum atomic E-state index is -4.92. The van der Waals surface area contributed by atoms with E-state index in [2.05, 4.69) is 20.7 Å². The van der Waals surface area contributed by atoms with Crippen molar-refractivity contribution < 1.29 is 36.7 Å². The Morgan fingerprint density at radius 2 is 1.97 bits per heavy atom. The second-order valence-corrected chi connectivity index (χ2v) is 9.98. The Bertz CT molecular complexity index is 1280. The second kappa shape index (κ2) is 9.57. The fraction of sp³-hybridized carbons (Fsp3) is 0.423. The number of fused-ring (bicyclic) bond motifs is 2. The molecule has 0 aromatic heterocycles. The first-order chi connectivity index (χ1) is 18.0. The molecule has 202 valence electrons. The summed E-state index contributed by atoms with van der Waals surface area (Å²) in [4.78, 5) is 41.4. The Kier molecular flexibility index (Phi) is 6.54. The Balaban J connectivity index is 1.38. The molecule has 0 unspecified atom stereocenters. The summed E-state index contributed by atoms with van der Waals surface area (Å²) < 4.78 is 55.9. The van der Waals surface area contributed by atoms with Gasteiger partial charge in [0, 0.05) is 24.2 Å². The number of alkyl halides is 3. The van der Waals surface area contributed by atoms with Crippen LogP contribution < -0.4 is 20.7 Å². The van der Waals surface area contributed by atoms with Crippen LogP contribution in [0.1, 0.15) is 41.6 Å². The van der Waals surface area contributed by atoms with Gasteiger partial charge < -0.3 is 25.6 Å². The predicted molar refractivity (Wildman–Crippen MR) is 128 cm³/mol. The number of nitrogens with zero attached hydrogens (tertiary/aromatic N) is 1. The lowest BCUT2D eigenvalue weighted by Gasteiger charge is -2.29. The van der Waals surface area contributed by atoms with Crippen molar-refractivity contribution >= 4 is 23.4 Å². The highest BCUT2D eigenvalue weighted by Gasteiger charge is 2.56. The molecule has 2 heterocycles. The zero-order chi connectivity index (χ0) is 27.2. The summed E-state index contributed by atoms with van der Waals surface area (Å²) in [5.41, 5.74) is -0.285. The molecule has 0 bridgehead atoms. The first-order valence-electron chi connectivity index (χ1n) is 12.2. The van der Waals surface area contributed by atoms with Gasteiger partial charge in [-0.1, -0.05) is 18.9 Å². The average molecular weight is 535 g/mol. The Morgan fingerprint density at radius 3 is 2.66 bits per heavy atom. The van der Waals surface area contributed by atoms with Gasteiger partial charge in [-0.25, -0.2) is 4.39 Å². The Morgan fingerprint density at radius 1 is 1.21 bits per heavy atom. The monoisotopic (exact) mass is 534 g/mol. The molecule has 0 radical (unpaired) electrons. The quantitative estimate of drug-likeness (QED) is 0.474. The van der Waals surface area contributed by atoms with Crippen LogP contribution in [0.2, 0.25) is 0 Å². The van der Waals surface area contributed by atoms with Crippen LogP contribution in [-0.2, 0) is 15.0 Å². The fourth-order valence-electron chi connectivity index (χ4n) is 5.33. The van der Waals surface area contributed by atoms with Gasteiger partial charge in [-0.15, -0.1) is 13.2 Å².